The predicted molar refractivity (Wildman–Crippen MR) is 117 cm³/mol. The Balaban J connectivity index is 1.66. The second kappa shape index (κ2) is 8.78. The van der Waals surface area contributed by atoms with E-state index in [0.717, 1.165) is 34.2 Å². The number of hydrogen-bond acceptors (Lipinski definition) is 6. The van der Waals surface area contributed by atoms with Crippen LogP contribution in [0.2, 0.25) is 0 Å². The summed E-state index contributed by atoms with van der Waals surface area (Å²) in [6, 6.07) is 9.35. The third-order valence-electron chi connectivity index (χ3n) is 4.33. The second-order valence-corrected chi connectivity index (χ2v) is 6.76. The van der Waals surface area contributed by atoms with Crippen molar-refractivity contribution in [1.29, 1.82) is 0 Å². The van der Waals surface area contributed by atoms with Crippen LogP contribution in [0.25, 0.3) is 5.82 Å². The molecule has 3 aromatic rings. The zero-order valence-corrected chi connectivity index (χ0v) is 17.8. The van der Waals surface area contributed by atoms with Gasteiger partial charge in [0.15, 0.2) is 22.4 Å². The van der Waals surface area contributed by atoms with Crippen LogP contribution in [0.5, 0.6) is 11.5 Å². The molecule has 0 aliphatic heterocycles. The average molecular weight is 414 g/mol. The average Bonchev–Trinajstić information content (AvgIpc) is 3.24. The van der Waals surface area contributed by atoms with E-state index in [1.165, 1.54) is 0 Å². The molecule has 0 saturated carbocycles. The summed E-state index contributed by atoms with van der Waals surface area (Å²) in [5.74, 6) is 2.76. The zero-order valence-electron chi connectivity index (χ0n) is 16.9. The highest BCUT2D eigenvalue weighted by atomic mass is 32.1. The number of thiocarbonyl (C=S) groups is 1. The molecule has 2 heterocycles. The molecule has 2 N–H and O–H groups in total. The quantitative estimate of drug-likeness (QED) is 0.362. The van der Waals surface area contributed by atoms with Gasteiger partial charge in [0, 0.05) is 34.8 Å². The molecule has 9 heteroatoms. The van der Waals surface area contributed by atoms with Gasteiger partial charge >= 0.3 is 0 Å². The molecule has 0 atom stereocenters. The number of nitrogens with one attached hydrogen (secondary N) is 2. The number of aryl methyl sites for hydroxylation is 2. The maximum atomic E-state index is 5.30. The standard InChI is InChI=1S/C20H23N5O3S/c1-12-8-15(14(3)25(12)19-9-13(2)28-24-19)11-21-23-20(29)22-16-6-7-17(26-4)18(10-16)27-5/h6-11H,1-5H3,(H2,22,23,29)/b21-11-. The molecule has 2 aromatic heterocycles. The van der Waals surface area contributed by atoms with Crippen LogP contribution in [0.15, 0.2) is 40.0 Å². The zero-order chi connectivity index (χ0) is 21.0. The lowest BCUT2D eigenvalue weighted by Gasteiger charge is -2.11. The van der Waals surface area contributed by atoms with Crippen LogP contribution in [0.1, 0.15) is 22.7 Å². The number of anilines is 1. The van der Waals surface area contributed by atoms with Crippen molar-refractivity contribution in [2.24, 2.45) is 5.10 Å². The Bertz CT molecular complexity index is 1050. The van der Waals surface area contributed by atoms with Crippen LogP contribution >= 0.6 is 12.2 Å². The smallest absolute Gasteiger partial charge is 0.191 e. The summed E-state index contributed by atoms with van der Waals surface area (Å²) < 4.78 is 17.7. The number of rotatable bonds is 6. The van der Waals surface area contributed by atoms with Crippen molar-refractivity contribution in [3.63, 3.8) is 0 Å². The molecule has 29 heavy (non-hydrogen) atoms. The van der Waals surface area contributed by atoms with Crippen molar-refractivity contribution in [3.8, 4) is 17.3 Å². The molecule has 0 radical (unpaired) electrons. The van der Waals surface area contributed by atoms with E-state index in [1.54, 1.807) is 32.6 Å². The first-order chi connectivity index (χ1) is 13.9. The van der Waals surface area contributed by atoms with Gasteiger partial charge in [-0.3, -0.25) is 9.99 Å². The summed E-state index contributed by atoms with van der Waals surface area (Å²) >= 11 is 5.30. The fourth-order valence-corrected chi connectivity index (χ4v) is 3.13. The molecule has 3 rings (SSSR count). The van der Waals surface area contributed by atoms with Crippen molar-refractivity contribution >= 4 is 29.2 Å². The maximum Gasteiger partial charge on any atom is 0.191 e. The Morgan fingerprint density at radius 1 is 1.14 bits per heavy atom. The van der Waals surface area contributed by atoms with Crippen molar-refractivity contribution < 1.29 is 14.0 Å². The van der Waals surface area contributed by atoms with E-state index in [2.05, 4.69) is 21.0 Å². The molecule has 0 amide bonds. The Kier molecular flexibility index (Phi) is 6.18. The molecule has 0 unspecified atom stereocenters. The molecule has 0 aliphatic carbocycles. The van der Waals surface area contributed by atoms with E-state index in [9.17, 15) is 0 Å². The van der Waals surface area contributed by atoms with E-state index in [4.69, 9.17) is 26.2 Å². The van der Waals surface area contributed by atoms with Crippen molar-refractivity contribution in [2.75, 3.05) is 19.5 Å². The minimum Gasteiger partial charge on any atom is -0.493 e. The van der Waals surface area contributed by atoms with Crippen molar-refractivity contribution in [3.05, 3.63) is 53.0 Å². The molecule has 1 aromatic carbocycles. The fourth-order valence-electron chi connectivity index (χ4n) is 2.96. The number of ether oxygens (including phenoxy) is 2. The molecular weight excluding hydrogens is 390 g/mol. The summed E-state index contributed by atoms with van der Waals surface area (Å²) in [6.45, 7) is 5.87. The van der Waals surface area contributed by atoms with Gasteiger partial charge in [-0.15, -0.1) is 0 Å². The van der Waals surface area contributed by atoms with Crippen molar-refractivity contribution in [1.82, 2.24) is 15.1 Å². The number of nitrogens with zero attached hydrogens (tertiary/aromatic N) is 3. The second-order valence-electron chi connectivity index (χ2n) is 6.35. The number of benzene rings is 1. The normalized spacial score (nSPS) is 10.9. The van der Waals surface area contributed by atoms with Crippen LogP contribution in [0, 0.1) is 20.8 Å². The van der Waals surface area contributed by atoms with Gasteiger partial charge in [0.2, 0.25) is 0 Å². The Morgan fingerprint density at radius 3 is 2.55 bits per heavy atom. The number of hydrogen-bond donors (Lipinski definition) is 2. The lowest BCUT2D eigenvalue weighted by atomic mass is 10.3. The van der Waals surface area contributed by atoms with Gasteiger partial charge in [-0.25, -0.2) is 0 Å². The van der Waals surface area contributed by atoms with Gasteiger partial charge in [-0.05, 0) is 51.2 Å². The third-order valence-corrected chi connectivity index (χ3v) is 4.52. The Morgan fingerprint density at radius 2 is 1.90 bits per heavy atom. The molecule has 0 bridgehead atoms. The molecular formula is C20H23N5O3S. The topological polar surface area (TPSA) is 85.8 Å². The third kappa shape index (κ3) is 4.57. The first kappa shape index (κ1) is 20.4. The summed E-state index contributed by atoms with van der Waals surface area (Å²) in [5.41, 5.74) is 6.56. The first-order valence-corrected chi connectivity index (χ1v) is 9.28. The molecule has 152 valence electrons. The number of hydrazone groups is 1. The molecule has 0 spiro atoms. The lowest BCUT2D eigenvalue weighted by Crippen LogP contribution is -2.23. The van der Waals surface area contributed by atoms with Gasteiger partial charge in [0.25, 0.3) is 0 Å². The van der Waals surface area contributed by atoms with Gasteiger partial charge < -0.3 is 19.3 Å². The minimum atomic E-state index is 0.356. The molecule has 0 fully saturated rings. The summed E-state index contributed by atoms with van der Waals surface area (Å²) in [4.78, 5) is 0. The summed E-state index contributed by atoms with van der Waals surface area (Å²) in [5, 5.41) is 11.7. The Hall–Kier alpha value is -3.33. The lowest BCUT2D eigenvalue weighted by molar-refractivity contribution is 0.355. The highest BCUT2D eigenvalue weighted by molar-refractivity contribution is 7.80. The van der Waals surface area contributed by atoms with Crippen LogP contribution in [-0.4, -0.2) is 35.3 Å². The van der Waals surface area contributed by atoms with Gasteiger partial charge in [-0.1, -0.05) is 5.16 Å². The van der Waals surface area contributed by atoms with Gasteiger partial charge in [0.05, 0.1) is 20.4 Å². The van der Waals surface area contributed by atoms with E-state index in [-0.39, 0.29) is 0 Å². The van der Waals surface area contributed by atoms with Crippen LogP contribution in [-0.2, 0) is 0 Å². The van der Waals surface area contributed by atoms with Crippen molar-refractivity contribution in [2.45, 2.75) is 20.8 Å². The summed E-state index contributed by atoms with van der Waals surface area (Å²) in [6.07, 6.45) is 1.72. The van der Waals surface area contributed by atoms with Gasteiger partial charge in [0.1, 0.15) is 5.76 Å². The molecule has 0 aliphatic rings. The molecule has 0 saturated heterocycles. The predicted octanol–water partition coefficient (Wildman–Crippen LogP) is 3.73. The fraction of sp³-hybridized carbons (Fsp3) is 0.250. The van der Waals surface area contributed by atoms with Crippen LogP contribution in [0.4, 0.5) is 5.69 Å². The molecule has 8 nitrogen and oxygen atoms in total. The van der Waals surface area contributed by atoms with Gasteiger partial charge in [-0.2, -0.15) is 5.10 Å². The highest BCUT2D eigenvalue weighted by Gasteiger charge is 2.12. The van der Waals surface area contributed by atoms with E-state index >= 15 is 0 Å². The minimum absolute atomic E-state index is 0.356. The van der Waals surface area contributed by atoms with E-state index in [0.29, 0.717) is 16.6 Å². The maximum absolute atomic E-state index is 5.30. The van der Waals surface area contributed by atoms with E-state index < -0.39 is 0 Å². The first-order valence-electron chi connectivity index (χ1n) is 8.87. The SMILES string of the molecule is COc1ccc(NC(=S)N/N=C\c2cc(C)n(-c3cc(C)on3)c2C)cc1OC. The monoisotopic (exact) mass is 413 g/mol. The largest absolute Gasteiger partial charge is 0.493 e. The number of methoxy groups -OCH3 is 2. The van der Waals surface area contributed by atoms with Crippen LogP contribution < -0.4 is 20.2 Å². The van der Waals surface area contributed by atoms with Crippen LogP contribution in [0.3, 0.4) is 0 Å². The number of aromatic nitrogens is 2. The highest BCUT2D eigenvalue weighted by Crippen LogP contribution is 2.29. The van der Waals surface area contributed by atoms with E-state index in [1.807, 2.05) is 43.5 Å². The Labute approximate surface area is 174 Å². The summed E-state index contributed by atoms with van der Waals surface area (Å²) in [7, 11) is 3.17.